The largest absolute Gasteiger partial charge is 0.496 e. The first-order valence-electron chi connectivity index (χ1n) is 6.65. The number of carbonyl (C=O) groups is 1. The van der Waals surface area contributed by atoms with Gasteiger partial charge in [0, 0.05) is 6.04 Å². The lowest BCUT2D eigenvalue weighted by Gasteiger charge is -2.22. The van der Waals surface area contributed by atoms with Gasteiger partial charge in [-0.25, -0.2) is 0 Å². The van der Waals surface area contributed by atoms with Crippen LogP contribution in [0.1, 0.15) is 36.2 Å². The molecule has 0 bridgehead atoms. The van der Waals surface area contributed by atoms with Crippen LogP contribution in [0.15, 0.2) is 18.2 Å². The van der Waals surface area contributed by atoms with Gasteiger partial charge < -0.3 is 15.8 Å². The van der Waals surface area contributed by atoms with Crippen LogP contribution in [0, 0.1) is 12.8 Å². The Morgan fingerprint density at radius 1 is 1.42 bits per heavy atom. The second kappa shape index (κ2) is 7.14. The van der Waals surface area contributed by atoms with Crippen LogP contribution in [-0.2, 0) is 0 Å². The molecule has 1 rings (SSSR count). The monoisotopic (exact) mass is 264 g/mol. The summed E-state index contributed by atoms with van der Waals surface area (Å²) >= 11 is 0. The molecule has 106 valence electrons. The van der Waals surface area contributed by atoms with Crippen molar-refractivity contribution in [2.24, 2.45) is 11.7 Å². The minimum Gasteiger partial charge on any atom is -0.496 e. The quantitative estimate of drug-likeness (QED) is 0.827. The third kappa shape index (κ3) is 4.24. The van der Waals surface area contributed by atoms with E-state index in [0.29, 0.717) is 23.8 Å². The summed E-state index contributed by atoms with van der Waals surface area (Å²) in [7, 11) is 1.57. The first-order chi connectivity index (χ1) is 8.99. The van der Waals surface area contributed by atoms with Gasteiger partial charge in [-0.2, -0.15) is 0 Å². The summed E-state index contributed by atoms with van der Waals surface area (Å²) < 4.78 is 5.24. The number of amides is 1. The summed E-state index contributed by atoms with van der Waals surface area (Å²) in [5, 5.41) is 3.04. The lowest BCUT2D eigenvalue weighted by Crippen LogP contribution is -2.40. The highest BCUT2D eigenvalue weighted by Gasteiger charge is 2.19. The van der Waals surface area contributed by atoms with Crippen LogP contribution in [0.5, 0.6) is 5.75 Å². The molecule has 1 aromatic rings. The van der Waals surface area contributed by atoms with Gasteiger partial charge >= 0.3 is 0 Å². The molecule has 0 spiro atoms. The van der Waals surface area contributed by atoms with Gasteiger partial charge in [0.2, 0.25) is 0 Å². The third-order valence-corrected chi connectivity index (χ3v) is 3.20. The number of aryl methyl sites for hydroxylation is 1. The van der Waals surface area contributed by atoms with E-state index in [1.54, 1.807) is 7.11 Å². The van der Waals surface area contributed by atoms with E-state index in [9.17, 15) is 4.79 Å². The molecular weight excluding hydrogens is 240 g/mol. The number of methoxy groups -OCH3 is 1. The number of rotatable bonds is 6. The number of hydrogen-bond donors (Lipinski definition) is 2. The van der Waals surface area contributed by atoms with Gasteiger partial charge in [0.25, 0.3) is 5.91 Å². The first kappa shape index (κ1) is 15.5. The topological polar surface area (TPSA) is 64.3 Å². The predicted molar refractivity (Wildman–Crippen MR) is 77.5 cm³/mol. The van der Waals surface area contributed by atoms with E-state index in [2.05, 4.69) is 19.2 Å². The summed E-state index contributed by atoms with van der Waals surface area (Å²) in [6.45, 7) is 6.67. The smallest absolute Gasteiger partial charge is 0.255 e. The van der Waals surface area contributed by atoms with E-state index in [-0.39, 0.29) is 11.9 Å². The fourth-order valence-electron chi connectivity index (χ4n) is 2.00. The van der Waals surface area contributed by atoms with Crippen LogP contribution < -0.4 is 15.8 Å². The molecule has 0 aliphatic carbocycles. The third-order valence-electron chi connectivity index (χ3n) is 3.20. The fraction of sp³-hybridized carbons (Fsp3) is 0.533. The van der Waals surface area contributed by atoms with Gasteiger partial charge in [0.15, 0.2) is 0 Å². The molecule has 0 aliphatic rings. The lowest BCUT2D eigenvalue weighted by molar-refractivity contribution is 0.0921. The summed E-state index contributed by atoms with van der Waals surface area (Å²) in [4.78, 5) is 12.3. The highest BCUT2D eigenvalue weighted by atomic mass is 16.5. The zero-order valence-corrected chi connectivity index (χ0v) is 12.2. The fourth-order valence-corrected chi connectivity index (χ4v) is 2.00. The number of hydrogen-bond acceptors (Lipinski definition) is 3. The van der Waals surface area contributed by atoms with Gasteiger partial charge in [-0.05, 0) is 37.9 Å². The van der Waals surface area contributed by atoms with E-state index in [0.717, 1.165) is 12.0 Å². The molecule has 4 nitrogen and oxygen atoms in total. The molecule has 0 aliphatic heterocycles. The van der Waals surface area contributed by atoms with Crippen molar-refractivity contribution in [1.82, 2.24) is 5.32 Å². The molecule has 0 heterocycles. The van der Waals surface area contributed by atoms with Gasteiger partial charge in [0.05, 0.1) is 12.7 Å². The molecular formula is C15H24N2O2. The number of nitrogens with two attached hydrogens (primary N) is 1. The predicted octanol–water partition coefficient (Wildman–Crippen LogP) is 2.11. The van der Waals surface area contributed by atoms with Crippen molar-refractivity contribution in [2.75, 3.05) is 13.7 Å². The Bertz CT molecular complexity index is 430. The first-order valence-corrected chi connectivity index (χ1v) is 6.65. The number of benzene rings is 1. The molecule has 0 radical (unpaired) electrons. The van der Waals surface area contributed by atoms with Crippen molar-refractivity contribution < 1.29 is 9.53 Å². The number of carbonyl (C=O) groups excluding carboxylic acids is 1. The van der Waals surface area contributed by atoms with Crippen molar-refractivity contribution in [3.05, 3.63) is 29.3 Å². The minimum absolute atomic E-state index is 0.0859. The Morgan fingerprint density at radius 3 is 2.63 bits per heavy atom. The average Bonchev–Trinajstić information content (AvgIpc) is 2.37. The van der Waals surface area contributed by atoms with Crippen molar-refractivity contribution in [1.29, 1.82) is 0 Å². The molecule has 0 fully saturated rings. The van der Waals surface area contributed by atoms with E-state index in [4.69, 9.17) is 10.5 Å². The molecule has 4 heteroatoms. The number of ether oxygens (including phenoxy) is 1. The molecule has 19 heavy (non-hydrogen) atoms. The lowest BCUT2D eigenvalue weighted by atomic mass is 10.00. The maximum Gasteiger partial charge on any atom is 0.255 e. The van der Waals surface area contributed by atoms with Crippen LogP contribution in [-0.4, -0.2) is 25.6 Å². The van der Waals surface area contributed by atoms with E-state index >= 15 is 0 Å². The van der Waals surface area contributed by atoms with Crippen LogP contribution in [0.4, 0.5) is 0 Å². The molecule has 1 aromatic carbocycles. The van der Waals surface area contributed by atoms with E-state index in [1.165, 1.54) is 0 Å². The van der Waals surface area contributed by atoms with E-state index in [1.807, 2.05) is 25.1 Å². The summed E-state index contributed by atoms with van der Waals surface area (Å²) in [5.74, 6) is 0.842. The maximum atomic E-state index is 12.3. The van der Waals surface area contributed by atoms with Gasteiger partial charge in [-0.3, -0.25) is 4.79 Å². The SMILES string of the molecule is COc1ccc(C)cc1C(=O)NC(CCN)C(C)C. The zero-order valence-electron chi connectivity index (χ0n) is 12.2. The Morgan fingerprint density at radius 2 is 2.11 bits per heavy atom. The van der Waals surface area contributed by atoms with Crippen molar-refractivity contribution in [3.8, 4) is 5.75 Å². The highest BCUT2D eigenvalue weighted by molar-refractivity contribution is 5.97. The summed E-state index contributed by atoms with van der Waals surface area (Å²) in [6.07, 6.45) is 0.775. The van der Waals surface area contributed by atoms with E-state index < -0.39 is 0 Å². The minimum atomic E-state index is -0.104. The van der Waals surface area contributed by atoms with Crippen molar-refractivity contribution in [3.63, 3.8) is 0 Å². The molecule has 3 N–H and O–H groups in total. The Kier molecular flexibility index (Phi) is 5.83. The molecule has 1 atom stereocenters. The Balaban J connectivity index is 2.90. The zero-order chi connectivity index (χ0) is 14.4. The number of nitrogens with one attached hydrogen (secondary N) is 1. The molecule has 0 saturated carbocycles. The van der Waals surface area contributed by atoms with Gasteiger partial charge in [-0.15, -0.1) is 0 Å². The second-order valence-electron chi connectivity index (χ2n) is 5.11. The molecule has 1 unspecified atom stereocenters. The second-order valence-corrected chi connectivity index (χ2v) is 5.11. The van der Waals surface area contributed by atoms with Crippen LogP contribution in [0.2, 0.25) is 0 Å². The summed E-state index contributed by atoms with van der Waals surface area (Å²) in [6, 6.07) is 5.67. The molecule has 0 aromatic heterocycles. The normalized spacial score (nSPS) is 12.3. The molecule has 1 amide bonds. The summed E-state index contributed by atoms with van der Waals surface area (Å²) in [5.41, 5.74) is 7.19. The van der Waals surface area contributed by atoms with Crippen LogP contribution in [0.25, 0.3) is 0 Å². The van der Waals surface area contributed by atoms with Gasteiger partial charge in [0.1, 0.15) is 5.75 Å². The van der Waals surface area contributed by atoms with Gasteiger partial charge in [-0.1, -0.05) is 25.5 Å². The van der Waals surface area contributed by atoms with Crippen LogP contribution in [0.3, 0.4) is 0 Å². The Hall–Kier alpha value is -1.55. The maximum absolute atomic E-state index is 12.3. The van der Waals surface area contributed by atoms with Crippen LogP contribution >= 0.6 is 0 Å². The van der Waals surface area contributed by atoms with Crippen molar-refractivity contribution in [2.45, 2.75) is 33.2 Å². The van der Waals surface area contributed by atoms with Crippen molar-refractivity contribution >= 4 is 5.91 Å². The highest BCUT2D eigenvalue weighted by Crippen LogP contribution is 2.20. The average molecular weight is 264 g/mol. The molecule has 0 saturated heterocycles. The standard InChI is InChI=1S/C15H24N2O2/c1-10(2)13(7-8-16)17-15(18)12-9-11(3)5-6-14(12)19-4/h5-6,9-10,13H,7-8,16H2,1-4H3,(H,17,18). The Labute approximate surface area is 115 Å².